The van der Waals surface area contributed by atoms with Gasteiger partial charge in [-0.25, -0.2) is 0 Å². The molecule has 1 aromatic rings. The monoisotopic (exact) mass is 235 g/mol. The van der Waals surface area contributed by atoms with Crippen LogP contribution in [0.1, 0.15) is 33.2 Å². The highest BCUT2D eigenvalue weighted by Gasteiger charge is 2.31. The third kappa shape index (κ3) is 1.78. The number of carbonyl (C=O) groups excluding carboxylic acids is 3. The lowest BCUT2D eigenvalue weighted by atomic mass is 10.0. The smallest absolute Gasteiger partial charge is 0.308 e. The summed E-state index contributed by atoms with van der Waals surface area (Å²) >= 11 is 0. The largest absolute Gasteiger partial charge is 0.426 e. The van der Waals surface area contributed by atoms with Crippen LogP contribution in [0.5, 0.6) is 5.75 Å². The van der Waals surface area contributed by atoms with Gasteiger partial charge in [-0.15, -0.1) is 0 Å². The van der Waals surface area contributed by atoms with Crippen molar-refractivity contribution in [2.24, 2.45) is 0 Å². The molecule has 0 bridgehead atoms. The van der Waals surface area contributed by atoms with Gasteiger partial charge in [0.05, 0.1) is 17.7 Å². The Bertz CT molecular complexity index is 535. The van der Waals surface area contributed by atoms with E-state index in [0.717, 1.165) is 0 Å². The van der Waals surface area contributed by atoms with Gasteiger partial charge in [0.25, 0.3) is 11.8 Å². The van der Waals surface area contributed by atoms with Crippen LogP contribution in [0.15, 0.2) is 12.1 Å². The second-order valence-corrected chi connectivity index (χ2v) is 3.50. The average molecular weight is 235 g/mol. The summed E-state index contributed by atoms with van der Waals surface area (Å²) < 4.78 is 4.85. The fourth-order valence-electron chi connectivity index (χ4n) is 1.72. The highest BCUT2D eigenvalue weighted by Crippen LogP contribution is 2.28. The van der Waals surface area contributed by atoms with E-state index in [-0.39, 0.29) is 22.4 Å². The molecule has 1 aliphatic rings. The van der Waals surface area contributed by atoms with Crippen LogP contribution in [0.2, 0.25) is 0 Å². The number of nitrogens with one attached hydrogen (secondary N) is 1. The van der Waals surface area contributed by atoms with Crippen molar-refractivity contribution in [1.82, 2.24) is 5.32 Å². The van der Waals surface area contributed by atoms with E-state index in [0.29, 0.717) is 0 Å². The number of aliphatic hydroxyl groups excluding tert-OH is 1. The highest BCUT2D eigenvalue weighted by atomic mass is 16.5. The normalized spacial score (nSPS) is 13.3. The van der Waals surface area contributed by atoms with Crippen LogP contribution in [-0.4, -0.2) is 22.9 Å². The first kappa shape index (κ1) is 11.3. The van der Waals surface area contributed by atoms with Gasteiger partial charge in [0.1, 0.15) is 5.75 Å². The van der Waals surface area contributed by atoms with E-state index >= 15 is 0 Å². The molecular weight excluding hydrogens is 226 g/mol. The first-order chi connectivity index (χ1) is 8.04. The van der Waals surface area contributed by atoms with Gasteiger partial charge in [-0.3, -0.25) is 19.7 Å². The summed E-state index contributed by atoms with van der Waals surface area (Å²) in [7, 11) is 0. The number of aliphatic hydroxyl groups is 1. The van der Waals surface area contributed by atoms with Crippen molar-refractivity contribution in [1.29, 1.82) is 0 Å². The molecule has 1 heterocycles. The Kier molecular flexibility index (Phi) is 2.64. The number of hydrogen-bond acceptors (Lipinski definition) is 5. The molecule has 88 valence electrons. The van der Waals surface area contributed by atoms with Crippen LogP contribution < -0.4 is 10.1 Å². The molecule has 0 aromatic heterocycles. The second-order valence-electron chi connectivity index (χ2n) is 3.50. The van der Waals surface area contributed by atoms with Crippen molar-refractivity contribution in [3.8, 4) is 5.75 Å². The quantitative estimate of drug-likeness (QED) is 0.427. The summed E-state index contributed by atoms with van der Waals surface area (Å²) in [6, 6.07) is 2.76. The predicted octanol–water partition coefficient (Wildman–Crippen LogP) is -0.0122. The second kappa shape index (κ2) is 3.99. The van der Waals surface area contributed by atoms with Gasteiger partial charge in [0, 0.05) is 12.5 Å². The Morgan fingerprint density at radius 2 is 2.06 bits per heavy atom. The Morgan fingerprint density at radius 1 is 1.35 bits per heavy atom. The molecule has 6 nitrogen and oxygen atoms in total. The summed E-state index contributed by atoms with van der Waals surface area (Å²) in [4.78, 5) is 33.7. The summed E-state index contributed by atoms with van der Waals surface area (Å²) in [5.74, 6) is -1.59. The Hall–Kier alpha value is -2.21. The van der Waals surface area contributed by atoms with Crippen LogP contribution >= 0.6 is 0 Å². The maximum atomic E-state index is 11.5. The molecule has 0 saturated heterocycles. The van der Waals surface area contributed by atoms with Crippen molar-refractivity contribution in [2.75, 3.05) is 0 Å². The number of rotatable bonds is 2. The molecule has 0 fully saturated rings. The average Bonchev–Trinajstić information content (AvgIpc) is 2.54. The molecule has 17 heavy (non-hydrogen) atoms. The topological polar surface area (TPSA) is 92.7 Å². The number of fused-ring (bicyclic) bond motifs is 1. The van der Waals surface area contributed by atoms with Crippen molar-refractivity contribution < 1.29 is 24.2 Å². The molecule has 0 unspecified atom stereocenters. The fourth-order valence-corrected chi connectivity index (χ4v) is 1.72. The number of imide groups is 1. The first-order valence-corrected chi connectivity index (χ1v) is 4.85. The van der Waals surface area contributed by atoms with Gasteiger partial charge < -0.3 is 9.84 Å². The molecule has 0 spiro atoms. The van der Waals surface area contributed by atoms with E-state index in [9.17, 15) is 19.5 Å². The molecule has 2 amide bonds. The zero-order valence-corrected chi connectivity index (χ0v) is 8.94. The van der Waals surface area contributed by atoms with Crippen molar-refractivity contribution in [3.05, 3.63) is 28.8 Å². The molecule has 0 saturated carbocycles. The third-order valence-corrected chi connectivity index (χ3v) is 2.38. The molecule has 0 atom stereocenters. The zero-order valence-electron chi connectivity index (χ0n) is 8.94. The summed E-state index contributed by atoms with van der Waals surface area (Å²) in [5.41, 5.74) is 0.382. The number of benzene rings is 1. The molecular formula is C11H9NO5. The lowest BCUT2D eigenvalue weighted by Crippen LogP contribution is -2.20. The van der Waals surface area contributed by atoms with Gasteiger partial charge in [0.2, 0.25) is 0 Å². The minimum absolute atomic E-state index is 0.0660. The minimum Gasteiger partial charge on any atom is -0.426 e. The van der Waals surface area contributed by atoms with Gasteiger partial charge in [-0.05, 0) is 12.1 Å². The van der Waals surface area contributed by atoms with Crippen LogP contribution in [0.25, 0.3) is 0 Å². The number of hydrogen-bond donors (Lipinski definition) is 2. The maximum absolute atomic E-state index is 11.5. The lowest BCUT2D eigenvalue weighted by molar-refractivity contribution is -0.131. The van der Waals surface area contributed by atoms with Crippen molar-refractivity contribution in [3.63, 3.8) is 0 Å². The number of carbonyl (C=O) groups is 3. The summed E-state index contributed by atoms with van der Waals surface area (Å²) in [6.45, 7) is 0.714. The molecule has 6 heteroatoms. The van der Waals surface area contributed by atoms with Crippen LogP contribution in [0.4, 0.5) is 0 Å². The van der Waals surface area contributed by atoms with Crippen molar-refractivity contribution in [2.45, 2.75) is 13.5 Å². The molecule has 1 aromatic carbocycles. The number of amides is 2. The standard InChI is InChI=1S/C11H9NO5/c1-5(14)17-8-3-2-6-9(7(8)4-13)11(16)12-10(6)15/h2-3,13H,4H2,1H3,(H,12,15,16). The van der Waals surface area contributed by atoms with Gasteiger partial charge in [0.15, 0.2) is 0 Å². The number of esters is 1. The fraction of sp³-hybridized carbons (Fsp3) is 0.182. The van der Waals surface area contributed by atoms with Crippen molar-refractivity contribution >= 4 is 17.8 Å². The van der Waals surface area contributed by atoms with E-state index in [1.54, 1.807) is 0 Å². The van der Waals surface area contributed by atoms with E-state index in [1.807, 2.05) is 0 Å². The zero-order chi connectivity index (χ0) is 12.6. The third-order valence-electron chi connectivity index (χ3n) is 2.38. The lowest BCUT2D eigenvalue weighted by Gasteiger charge is -2.09. The van der Waals surface area contributed by atoms with Gasteiger partial charge >= 0.3 is 5.97 Å². The van der Waals surface area contributed by atoms with Crippen LogP contribution in [0.3, 0.4) is 0 Å². The Balaban J connectivity index is 2.60. The molecule has 2 rings (SSSR count). The van der Waals surface area contributed by atoms with Crippen LogP contribution in [-0.2, 0) is 11.4 Å². The van der Waals surface area contributed by atoms with E-state index in [2.05, 4.69) is 5.32 Å². The highest BCUT2D eigenvalue weighted by molar-refractivity contribution is 6.22. The van der Waals surface area contributed by atoms with E-state index in [4.69, 9.17) is 4.74 Å². The molecule has 0 radical (unpaired) electrons. The van der Waals surface area contributed by atoms with Crippen LogP contribution in [0, 0.1) is 0 Å². The Labute approximate surface area is 96.2 Å². The van der Waals surface area contributed by atoms with E-state index in [1.165, 1.54) is 19.1 Å². The van der Waals surface area contributed by atoms with E-state index < -0.39 is 24.4 Å². The molecule has 2 N–H and O–H groups in total. The molecule has 0 aliphatic carbocycles. The predicted molar refractivity (Wildman–Crippen MR) is 55.5 cm³/mol. The summed E-state index contributed by atoms with van der Waals surface area (Å²) in [5, 5.41) is 11.3. The van der Waals surface area contributed by atoms with Gasteiger partial charge in [-0.1, -0.05) is 0 Å². The summed E-state index contributed by atoms with van der Waals surface area (Å²) in [6.07, 6.45) is 0. The first-order valence-electron chi connectivity index (χ1n) is 4.85. The maximum Gasteiger partial charge on any atom is 0.308 e. The SMILES string of the molecule is CC(=O)Oc1ccc2c(c1CO)C(=O)NC2=O. The minimum atomic E-state index is -0.594. The van der Waals surface area contributed by atoms with Gasteiger partial charge in [-0.2, -0.15) is 0 Å². The molecule has 1 aliphatic heterocycles. The number of ether oxygens (including phenoxy) is 1. The Morgan fingerprint density at radius 3 is 2.65 bits per heavy atom.